The highest BCUT2D eigenvalue weighted by atomic mass is 15.2. The lowest BCUT2D eigenvalue weighted by Crippen LogP contribution is -2.48. The molecule has 106 valence electrons. The summed E-state index contributed by atoms with van der Waals surface area (Å²) >= 11 is 0. The first kappa shape index (κ1) is 14.5. The summed E-state index contributed by atoms with van der Waals surface area (Å²) in [4.78, 5) is 2.62. The van der Waals surface area contributed by atoms with Gasteiger partial charge in [0.05, 0.1) is 0 Å². The Balaban J connectivity index is 2.29. The number of rotatable bonds is 3. The van der Waals surface area contributed by atoms with Crippen LogP contribution in [0.2, 0.25) is 0 Å². The zero-order chi connectivity index (χ0) is 14.0. The third-order valence-corrected chi connectivity index (χ3v) is 4.40. The fourth-order valence-electron chi connectivity index (χ4n) is 3.36. The van der Waals surface area contributed by atoms with E-state index in [9.17, 15) is 0 Å². The molecule has 0 amide bonds. The van der Waals surface area contributed by atoms with Gasteiger partial charge in [-0.25, -0.2) is 0 Å². The highest BCUT2D eigenvalue weighted by Gasteiger charge is 2.31. The molecule has 2 N–H and O–H groups in total. The number of hydrogen-bond acceptors (Lipinski definition) is 2. The van der Waals surface area contributed by atoms with Gasteiger partial charge in [0.1, 0.15) is 0 Å². The normalized spacial score (nSPS) is 28.1. The average molecular weight is 260 g/mol. The van der Waals surface area contributed by atoms with Gasteiger partial charge in [0.15, 0.2) is 0 Å². The lowest BCUT2D eigenvalue weighted by molar-refractivity contribution is 0.0660. The fourth-order valence-corrected chi connectivity index (χ4v) is 3.36. The second-order valence-corrected chi connectivity index (χ2v) is 6.45. The number of hydrogen-bond donors (Lipinski definition) is 1. The smallest absolute Gasteiger partial charge is 0.0499 e. The summed E-state index contributed by atoms with van der Waals surface area (Å²) in [6.07, 6.45) is 2.63. The molecule has 1 aliphatic rings. The highest BCUT2D eigenvalue weighted by Crippen LogP contribution is 2.32. The van der Waals surface area contributed by atoms with Gasteiger partial charge in [0.2, 0.25) is 0 Å². The maximum absolute atomic E-state index is 6.32. The van der Waals surface area contributed by atoms with Gasteiger partial charge >= 0.3 is 0 Å². The molecule has 1 aromatic carbocycles. The van der Waals surface area contributed by atoms with Crippen molar-refractivity contribution in [2.24, 2.45) is 11.7 Å². The fraction of sp³-hybridized carbons (Fsp3) is 0.647. The van der Waals surface area contributed by atoms with Crippen LogP contribution in [0.5, 0.6) is 0 Å². The van der Waals surface area contributed by atoms with Crippen molar-refractivity contribution < 1.29 is 0 Å². The molecule has 1 saturated heterocycles. The number of nitrogens with two attached hydrogens (primary N) is 1. The van der Waals surface area contributed by atoms with Crippen LogP contribution in [0.3, 0.4) is 0 Å². The maximum atomic E-state index is 6.32. The summed E-state index contributed by atoms with van der Waals surface area (Å²) in [6.45, 7) is 10.2. The van der Waals surface area contributed by atoms with E-state index in [0.717, 1.165) is 5.92 Å². The molecule has 4 unspecified atom stereocenters. The van der Waals surface area contributed by atoms with Crippen molar-refractivity contribution in [1.29, 1.82) is 0 Å². The Hall–Kier alpha value is -0.860. The van der Waals surface area contributed by atoms with Gasteiger partial charge in [0.25, 0.3) is 0 Å². The molecule has 1 fully saturated rings. The summed E-state index contributed by atoms with van der Waals surface area (Å²) in [5.41, 5.74) is 9.01. The Bertz CT molecular complexity index is 413. The molecule has 0 aliphatic carbocycles. The molecule has 2 heteroatoms. The largest absolute Gasteiger partial charge is 0.326 e. The summed E-state index contributed by atoms with van der Waals surface area (Å²) in [5.74, 6) is 0.780. The summed E-state index contributed by atoms with van der Waals surface area (Å²) in [7, 11) is 0. The van der Waals surface area contributed by atoms with Crippen molar-refractivity contribution in [1.82, 2.24) is 4.90 Å². The van der Waals surface area contributed by atoms with Crippen molar-refractivity contribution in [3.8, 4) is 0 Å². The molecule has 19 heavy (non-hydrogen) atoms. The SMILES string of the molecule is Cc1cccc(C(C(C)N)N2CC(C)CCC2C)c1. The van der Waals surface area contributed by atoms with Crippen LogP contribution in [0.1, 0.15) is 50.8 Å². The van der Waals surface area contributed by atoms with Crippen molar-refractivity contribution in [2.75, 3.05) is 6.54 Å². The number of nitrogens with zero attached hydrogens (tertiary/aromatic N) is 1. The number of aryl methyl sites for hydroxylation is 1. The number of likely N-dealkylation sites (tertiary alicyclic amines) is 1. The molecule has 2 rings (SSSR count). The quantitative estimate of drug-likeness (QED) is 0.901. The Morgan fingerprint density at radius 3 is 2.63 bits per heavy atom. The van der Waals surface area contributed by atoms with Crippen LogP contribution in [0.4, 0.5) is 0 Å². The lowest BCUT2D eigenvalue weighted by Gasteiger charge is -2.44. The molecular formula is C17H28N2. The van der Waals surface area contributed by atoms with E-state index >= 15 is 0 Å². The maximum Gasteiger partial charge on any atom is 0.0499 e. The van der Waals surface area contributed by atoms with Crippen molar-refractivity contribution in [3.05, 3.63) is 35.4 Å². The lowest BCUT2D eigenvalue weighted by atomic mass is 9.89. The van der Waals surface area contributed by atoms with E-state index in [2.05, 4.69) is 56.9 Å². The standard InChI is InChI=1S/C17H28N2/c1-12-6-5-7-16(10-12)17(15(4)18)19-11-13(2)8-9-14(19)3/h5-7,10,13-15,17H,8-9,11,18H2,1-4H3. The van der Waals surface area contributed by atoms with Gasteiger partial charge < -0.3 is 5.73 Å². The third-order valence-electron chi connectivity index (χ3n) is 4.40. The molecule has 0 aromatic heterocycles. The van der Waals surface area contributed by atoms with Gasteiger partial charge in [0, 0.05) is 24.7 Å². The van der Waals surface area contributed by atoms with Gasteiger partial charge in [-0.15, -0.1) is 0 Å². The first-order valence-corrected chi connectivity index (χ1v) is 7.57. The second-order valence-electron chi connectivity index (χ2n) is 6.45. The van der Waals surface area contributed by atoms with Crippen LogP contribution in [-0.4, -0.2) is 23.5 Å². The topological polar surface area (TPSA) is 29.3 Å². The molecule has 4 atom stereocenters. The predicted molar refractivity (Wildman–Crippen MR) is 82.1 cm³/mol. The highest BCUT2D eigenvalue weighted by molar-refractivity contribution is 5.26. The van der Waals surface area contributed by atoms with E-state index in [4.69, 9.17) is 5.73 Å². The summed E-state index contributed by atoms with van der Waals surface area (Å²) in [6, 6.07) is 9.97. The Morgan fingerprint density at radius 2 is 2.00 bits per heavy atom. The number of benzene rings is 1. The van der Waals surface area contributed by atoms with Crippen LogP contribution in [0.15, 0.2) is 24.3 Å². The van der Waals surface area contributed by atoms with Gasteiger partial charge in [-0.05, 0) is 45.1 Å². The summed E-state index contributed by atoms with van der Waals surface area (Å²) < 4.78 is 0. The third kappa shape index (κ3) is 3.37. The summed E-state index contributed by atoms with van der Waals surface area (Å²) in [5, 5.41) is 0. The average Bonchev–Trinajstić information content (AvgIpc) is 2.33. The van der Waals surface area contributed by atoms with E-state index in [-0.39, 0.29) is 6.04 Å². The first-order chi connectivity index (χ1) is 8.99. The minimum Gasteiger partial charge on any atom is -0.326 e. The van der Waals surface area contributed by atoms with Gasteiger partial charge in [-0.3, -0.25) is 4.90 Å². The molecule has 0 bridgehead atoms. The molecule has 1 heterocycles. The van der Waals surface area contributed by atoms with Crippen LogP contribution >= 0.6 is 0 Å². The van der Waals surface area contributed by atoms with Crippen LogP contribution < -0.4 is 5.73 Å². The van der Waals surface area contributed by atoms with Crippen molar-refractivity contribution >= 4 is 0 Å². The molecule has 1 aliphatic heterocycles. The molecule has 0 radical (unpaired) electrons. The van der Waals surface area contributed by atoms with Crippen LogP contribution in [0, 0.1) is 12.8 Å². The van der Waals surface area contributed by atoms with Gasteiger partial charge in [-0.1, -0.05) is 36.8 Å². The Labute approximate surface area is 118 Å². The Morgan fingerprint density at radius 1 is 1.26 bits per heavy atom. The van der Waals surface area contributed by atoms with Crippen molar-refractivity contribution in [3.63, 3.8) is 0 Å². The number of piperidine rings is 1. The van der Waals surface area contributed by atoms with E-state index in [1.807, 2.05) is 0 Å². The molecule has 2 nitrogen and oxygen atoms in total. The Kier molecular flexibility index (Phi) is 4.64. The molecule has 0 saturated carbocycles. The minimum absolute atomic E-state index is 0.162. The molecular weight excluding hydrogens is 232 g/mol. The zero-order valence-electron chi connectivity index (χ0n) is 12.8. The van der Waals surface area contributed by atoms with E-state index < -0.39 is 0 Å². The van der Waals surface area contributed by atoms with Crippen molar-refractivity contribution in [2.45, 2.75) is 58.7 Å². The molecule has 1 aromatic rings. The van der Waals surface area contributed by atoms with Gasteiger partial charge in [-0.2, -0.15) is 0 Å². The first-order valence-electron chi connectivity index (χ1n) is 7.57. The monoisotopic (exact) mass is 260 g/mol. The minimum atomic E-state index is 0.162. The van der Waals surface area contributed by atoms with E-state index in [1.54, 1.807) is 0 Å². The van der Waals surface area contributed by atoms with Crippen LogP contribution in [-0.2, 0) is 0 Å². The zero-order valence-corrected chi connectivity index (χ0v) is 12.8. The predicted octanol–water partition coefficient (Wildman–Crippen LogP) is 3.50. The second kappa shape index (κ2) is 6.06. The molecule has 0 spiro atoms. The van der Waals surface area contributed by atoms with E-state index in [0.29, 0.717) is 12.1 Å². The van der Waals surface area contributed by atoms with E-state index in [1.165, 1.54) is 30.5 Å². The van der Waals surface area contributed by atoms with Crippen LogP contribution in [0.25, 0.3) is 0 Å².